The number of anilines is 1. The summed E-state index contributed by atoms with van der Waals surface area (Å²) in [6, 6.07) is 6.11. The minimum absolute atomic E-state index is 0.241. The lowest BCUT2D eigenvalue weighted by Crippen LogP contribution is -2.53. The lowest BCUT2D eigenvalue weighted by Gasteiger charge is -2.35. The van der Waals surface area contributed by atoms with E-state index in [1.54, 1.807) is 17.0 Å². The Kier molecular flexibility index (Phi) is 3.43. The van der Waals surface area contributed by atoms with Crippen molar-refractivity contribution in [2.45, 2.75) is 0 Å². The van der Waals surface area contributed by atoms with Gasteiger partial charge in [0.1, 0.15) is 5.82 Å². The first-order valence-corrected chi connectivity index (χ1v) is 5.47. The van der Waals surface area contributed by atoms with Gasteiger partial charge in [-0.25, -0.2) is 15.0 Å². The first-order chi connectivity index (χ1) is 8.20. The van der Waals surface area contributed by atoms with Crippen LogP contribution < -0.4 is 16.2 Å². The molecule has 0 saturated carbocycles. The number of benzene rings is 1. The number of amides is 2. The van der Waals surface area contributed by atoms with E-state index in [-0.39, 0.29) is 11.8 Å². The zero-order valence-electron chi connectivity index (χ0n) is 9.40. The zero-order valence-corrected chi connectivity index (χ0v) is 9.40. The van der Waals surface area contributed by atoms with Gasteiger partial charge in [-0.15, -0.1) is 0 Å². The van der Waals surface area contributed by atoms with E-state index in [2.05, 4.69) is 10.3 Å². The molecule has 1 aliphatic heterocycles. The van der Waals surface area contributed by atoms with Crippen LogP contribution in [0, 0.1) is 5.82 Å². The molecule has 1 heterocycles. The van der Waals surface area contributed by atoms with Crippen LogP contribution in [-0.2, 0) is 0 Å². The van der Waals surface area contributed by atoms with Crippen LogP contribution in [-0.4, -0.2) is 37.1 Å². The van der Waals surface area contributed by atoms with Crippen LogP contribution in [0.1, 0.15) is 0 Å². The van der Waals surface area contributed by atoms with Crippen molar-refractivity contribution >= 4 is 11.7 Å². The van der Waals surface area contributed by atoms with Crippen LogP contribution in [0.25, 0.3) is 0 Å². The van der Waals surface area contributed by atoms with Gasteiger partial charge in [-0.3, -0.25) is 5.43 Å². The maximum absolute atomic E-state index is 12.8. The predicted octanol–water partition coefficient (Wildman–Crippen LogP) is 0.531. The summed E-state index contributed by atoms with van der Waals surface area (Å²) in [6.07, 6.45) is 0. The van der Waals surface area contributed by atoms with Gasteiger partial charge in [-0.2, -0.15) is 0 Å². The van der Waals surface area contributed by atoms with E-state index in [0.717, 1.165) is 18.8 Å². The minimum atomic E-state index is -0.260. The van der Waals surface area contributed by atoms with E-state index < -0.39 is 0 Å². The second-order valence-corrected chi connectivity index (χ2v) is 3.90. The smallest absolute Gasteiger partial charge is 0.331 e. The molecular formula is C11H15FN4O. The van der Waals surface area contributed by atoms with E-state index in [4.69, 9.17) is 5.84 Å². The van der Waals surface area contributed by atoms with Gasteiger partial charge < -0.3 is 9.80 Å². The number of hydrogen-bond acceptors (Lipinski definition) is 3. The second-order valence-electron chi connectivity index (χ2n) is 3.90. The van der Waals surface area contributed by atoms with Crippen LogP contribution in [0.3, 0.4) is 0 Å². The highest BCUT2D eigenvalue weighted by atomic mass is 19.1. The van der Waals surface area contributed by atoms with Crippen LogP contribution in [0.2, 0.25) is 0 Å². The number of nitrogens with one attached hydrogen (secondary N) is 1. The molecule has 0 radical (unpaired) electrons. The predicted molar refractivity (Wildman–Crippen MR) is 62.9 cm³/mol. The summed E-state index contributed by atoms with van der Waals surface area (Å²) >= 11 is 0. The highest BCUT2D eigenvalue weighted by molar-refractivity contribution is 5.73. The van der Waals surface area contributed by atoms with Crippen LogP contribution in [0.5, 0.6) is 0 Å². The molecule has 17 heavy (non-hydrogen) atoms. The number of nitrogens with two attached hydrogens (primary N) is 1. The molecule has 0 aliphatic carbocycles. The quantitative estimate of drug-likeness (QED) is 0.426. The first kappa shape index (κ1) is 11.7. The average Bonchev–Trinajstić information content (AvgIpc) is 2.39. The summed E-state index contributed by atoms with van der Waals surface area (Å²) < 4.78 is 12.8. The Morgan fingerprint density at radius 1 is 1.18 bits per heavy atom. The molecule has 0 bridgehead atoms. The Balaban J connectivity index is 1.95. The van der Waals surface area contributed by atoms with Crippen molar-refractivity contribution in [2.75, 3.05) is 31.1 Å². The number of hydrogen-bond donors (Lipinski definition) is 2. The third kappa shape index (κ3) is 2.65. The van der Waals surface area contributed by atoms with Gasteiger partial charge in [-0.05, 0) is 24.3 Å². The molecule has 0 unspecified atom stereocenters. The fraction of sp³-hybridized carbons (Fsp3) is 0.364. The van der Waals surface area contributed by atoms with Gasteiger partial charge >= 0.3 is 6.03 Å². The Morgan fingerprint density at radius 2 is 1.76 bits per heavy atom. The molecule has 5 nitrogen and oxygen atoms in total. The first-order valence-electron chi connectivity index (χ1n) is 5.47. The van der Waals surface area contributed by atoms with Crippen molar-refractivity contribution in [1.82, 2.24) is 10.3 Å². The van der Waals surface area contributed by atoms with Gasteiger partial charge in [0.15, 0.2) is 0 Å². The molecule has 3 N–H and O–H groups in total. The summed E-state index contributed by atoms with van der Waals surface area (Å²) in [6.45, 7) is 2.67. The third-order valence-corrected chi connectivity index (χ3v) is 2.88. The molecule has 0 aromatic heterocycles. The molecule has 2 amide bonds. The SMILES string of the molecule is NNC(=O)N1CCN(c2ccc(F)cc2)CC1. The number of urea groups is 1. The Morgan fingerprint density at radius 3 is 2.29 bits per heavy atom. The summed E-state index contributed by atoms with van der Waals surface area (Å²) in [7, 11) is 0. The summed E-state index contributed by atoms with van der Waals surface area (Å²) in [5.74, 6) is 4.83. The third-order valence-electron chi connectivity index (χ3n) is 2.88. The fourth-order valence-corrected chi connectivity index (χ4v) is 1.91. The molecule has 0 spiro atoms. The van der Waals surface area contributed by atoms with Crippen LogP contribution in [0.4, 0.5) is 14.9 Å². The number of hydrazine groups is 1. The van der Waals surface area contributed by atoms with E-state index in [0.29, 0.717) is 13.1 Å². The Hall–Kier alpha value is -1.82. The second kappa shape index (κ2) is 5.01. The topological polar surface area (TPSA) is 61.6 Å². The lowest BCUT2D eigenvalue weighted by atomic mass is 10.2. The van der Waals surface area contributed by atoms with Gasteiger partial charge in [-0.1, -0.05) is 0 Å². The number of carbonyl (C=O) groups excluding carboxylic acids is 1. The van der Waals surface area contributed by atoms with Gasteiger partial charge in [0, 0.05) is 31.9 Å². The molecule has 1 fully saturated rings. The van der Waals surface area contributed by atoms with E-state index in [1.807, 2.05) is 0 Å². The number of piperazine rings is 1. The van der Waals surface area contributed by atoms with Gasteiger partial charge in [0.05, 0.1) is 0 Å². The minimum Gasteiger partial charge on any atom is -0.368 e. The molecule has 92 valence electrons. The van der Waals surface area contributed by atoms with Crippen LogP contribution >= 0.6 is 0 Å². The zero-order chi connectivity index (χ0) is 12.3. The summed E-state index contributed by atoms with van der Waals surface area (Å²) in [5, 5.41) is 0. The lowest BCUT2D eigenvalue weighted by molar-refractivity contribution is 0.194. The molecule has 2 rings (SSSR count). The maximum Gasteiger partial charge on any atom is 0.331 e. The Labute approximate surface area is 99.0 Å². The average molecular weight is 238 g/mol. The van der Waals surface area contributed by atoms with Gasteiger partial charge in [0.25, 0.3) is 0 Å². The molecular weight excluding hydrogens is 223 g/mol. The van der Waals surface area contributed by atoms with Crippen molar-refractivity contribution < 1.29 is 9.18 Å². The van der Waals surface area contributed by atoms with Crippen molar-refractivity contribution in [3.63, 3.8) is 0 Å². The number of halogens is 1. The standard InChI is InChI=1S/C11H15FN4O/c12-9-1-3-10(4-2-9)15-5-7-16(8-6-15)11(17)14-13/h1-4H,5-8,13H2,(H,14,17). The fourth-order valence-electron chi connectivity index (χ4n) is 1.91. The van der Waals surface area contributed by atoms with Crippen molar-refractivity contribution in [1.29, 1.82) is 0 Å². The van der Waals surface area contributed by atoms with Gasteiger partial charge in [0.2, 0.25) is 0 Å². The van der Waals surface area contributed by atoms with Crippen molar-refractivity contribution in [2.24, 2.45) is 5.84 Å². The van der Waals surface area contributed by atoms with Crippen molar-refractivity contribution in [3.05, 3.63) is 30.1 Å². The normalized spacial score (nSPS) is 15.9. The molecule has 1 aromatic carbocycles. The monoisotopic (exact) mass is 238 g/mol. The number of carbonyl (C=O) groups is 1. The molecule has 0 atom stereocenters. The maximum atomic E-state index is 12.8. The summed E-state index contributed by atoms with van der Waals surface area (Å²) in [5.41, 5.74) is 3.09. The highest BCUT2D eigenvalue weighted by Gasteiger charge is 2.20. The van der Waals surface area contributed by atoms with E-state index in [1.165, 1.54) is 12.1 Å². The van der Waals surface area contributed by atoms with Crippen molar-refractivity contribution in [3.8, 4) is 0 Å². The Bertz CT molecular complexity index is 387. The molecule has 1 saturated heterocycles. The molecule has 1 aliphatic rings. The molecule has 6 heteroatoms. The van der Waals surface area contributed by atoms with E-state index >= 15 is 0 Å². The largest absolute Gasteiger partial charge is 0.368 e. The number of nitrogens with zero attached hydrogens (tertiary/aromatic N) is 2. The molecule has 1 aromatic rings. The van der Waals surface area contributed by atoms with Crippen LogP contribution in [0.15, 0.2) is 24.3 Å². The van der Waals surface area contributed by atoms with E-state index in [9.17, 15) is 9.18 Å². The highest BCUT2D eigenvalue weighted by Crippen LogP contribution is 2.16. The number of rotatable bonds is 1. The summed E-state index contributed by atoms with van der Waals surface area (Å²) in [4.78, 5) is 15.0.